The topological polar surface area (TPSA) is 38.7 Å². The first kappa shape index (κ1) is 9.76. The van der Waals surface area contributed by atoms with Crippen molar-refractivity contribution in [1.82, 2.24) is 15.4 Å². The zero-order valence-electron chi connectivity index (χ0n) is 6.16. The lowest BCUT2D eigenvalue weighted by atomic mass is 10.7. The monoisotopic (exact) mass is 217 g/mol. The molecule has 0 N–H and O–H groups in total. The Kier molecular flexibility index (Phi) is 5.05. The Hall–Kier alpha value is -0.330. The smallest absolute Gasteiger partial charge is 0.0529 e. The van der Waals surface area contributed by atoms with Gasteiger partial charge in [0.05, 0.1) is 12.4 Å². The van der Waals surface area contributed by atoms with Crippen LogP contribution in [0.25, 0.3) is 0 Å². The molecule has 0 saturated carbocycles. The molecule has 12 heavy (non-hydrogen) atoms. The first-order chi connectivity index (χ1) is 5.89. The fourth-order valence-corrected chi connectivity index (χ4v) is 3.08. The van der Waals surface area contributed by atoms with E-state index in [9.17, 15) is 0 Å². The quantitative estimate of drug-likeness (QED) is 0.609. The lowest BCUT2D eigenvalue weighted by molar-refractivity contribution is 0.865. The van der Waals surface area contributed by atoms with Crippen molar-refractivity contribution in [3.05, 3.63) is 29.9 Å². The second-order valence-corrected chi connectivity index (χ2v) is 6.58. The van der Waals surface area contributed by atoms with Gasteiger partial charge >= 0.3 is 0 Å². The highest BCUT2D eigenvalue weighted by atomic mass is 33.3. The van der Waals surface area contributed by atoms with Gasteiger partial charge in [0.15, 0.2) is 0 Å². The molecule has 0 aromatic carbocycles. The van der Waals surface area contributed by atoms with E-state index < -0.39 is 0 Å². The van der Waals surface area contributed by atoms with Crippen LogP contribution >= 0.6 is 10.8 Å². The third kappa shape index (κ3) is 4.53. The third-order valence-corrected chi connectivity index (χ3v) is 4.51. The number of nitrogens with zero attached hydrogens (tertiary/aromatic N) is 3. The average molecular weight is 217 g/mol. The Bertz CT molecular complexity index is 235. The van der Waals surface area contributed by atoms with Gasteiger partial charge in [-0.2, -0.15) is 0 Å². The maximum absolute atomic E-state index is 4.91. The van der Waals surface area contributed by atoms with Crippen molar-refractivity contribution < 1.29 is 0 Å². The number of hydrogen-bond donors (Lipinski definition) is 0. The van der Waals surface area contributed by atoms with Crippen LogP contribution in [0.15, 0.2) is 29.9 Å². The first-order valence-electron chi connectivity index (χ1n) is 3.18. The summed E-state index contributed by atoms with van der Waals surface area (Å²) in [5.74, 6) is 1.13. The standard InChI is InChI=1S/C3H3N3.C3H4S3/c1-2-4-6-5-3-1;4-6-3-1-2-5-6/h1-3H;1,3H,2H2. The minimum atomic E-state index is 0.147. The average Bonchev–Trinajstić information content (AvgIpc) is 2.60. The molecule has 0 amide bonds. The summed E-state index contributed by atoms with van der Waals surface area (Å²) in [6, 6.07) is 1.72. The van der Waals surface area contributed by atoms with E-state index in [1.165, 1.54) is 0 Å². The molecule has 1 aliphatic heterocycles. The Morgan fingerprint density at radius 1 is 1.33 bits per heavy atom. The predicted octanol–water partition coefficient (Wildman–Crippen LogP) is 1.11. The van der Waals surface area contributed by atoms with Gasteiger partial charge in [0, 0.05) is 5.75 Å². The van der Waals surface area contributed by atoms with Gasteiger partial charge < -0.3 is 0 Å². The van der Waals surface area contributed by atoms with Crippen molar-refractivity contribution in [1.29, 1.82) is 0 Å². The van der Waals surface area contributed by atoms with Crippen molar-refractivity contribution in [2.45, 2.75) is 0 Å². The summed E-state index contributed by atoms with van der Waals surface area (Å²) in [4.78, 5) is 0. The molecule has 1 unspecified atom stereocenters. The fourth-order valence-electron chi connectivity index (χ4n) is 0.468. The Morgan fingerprint density at radius 2 is 2.08 bits per heavy atom. The molecule has 1 aromatic heterocycles. The SMILES string of the molecule is S=S1C=CCS1.c1cnnnc1. The summed E-state index contributed by atoms with van der Waals surface area (Å²) in [6.45, 7) is 0. The minimum absolute atomic E-state index is 0.147. The molecule has 3 nitrogen and oxygen atoms in total. The van der Waals surface area contributed by atoms with Crippen LogP contribution in [0.1, 0.15) is 0 Å². The summed E-state index contributed by atoms with van der Waals surface area (Å²) in [7, 11) is 1.98. The van der Waals surface area contributed by atoms with E-state index in [2.05, 4.69) is 26.9 Å². The van der Waals surface area contributed by atoms with Gasteiger partial charge in [0.2, 0.25) is 0 Å². The van der Waals surface area contributed by atoms with Gasteiger partial charge in [0.1, 0.15) is 0 Å². The van der Waals surface area contributed by atoms with Crippen molar-refractivity contribution in [2.75, 3.05) is 5.75 Å². The molecule has 0 saturated heterocycles. The van der Waals surface area contributed by atoms with Crippen LogP contribution < -0.4 is 0 Å². The molecule has 0 fully saturated rings. The summed E-state index contributed by atoms with van der Waals surface area (Å²) < 4.78 is 0. The maximum Gasteiger partial charge on any atom is 0.0529 e. The lowest BCUT2D eigenvalue weighted by Crippen LogP contribution is -1.78. The summed E-state index contributed by atoms with van der Waals surface area (Å²) in [6.07, 6.45) is 5.28. The summed E-state index contributed by atoms with van der Waals surface area (Å²) in [5.41, 5.74) is 0. The van der Waals surface area contributed by atoms with Crippen molar-refractivity contribution in [3.8, 4) is 0 Å². The molecule has 0 spiro atoms. The molecule has 64 valence electrons. The number of aromatic nitrogens is 3. The maximum atomic E-state index is 4.91. The lowest BCUT2D eigenvalue weighted by Gasteiger charge is -1.78. The summed E-state index contributed by atoms with van der Waals surface area (Å²) in [5, 5.41) is 12.2. The van der Waals surface area contributed by atoms with Crippen LogP contribution in [0.2, 0.25) is 0 Å². The highest BCUT2D eigenvalue weighted by Crippen LogP contribution is 2.15. The second kappa shape index (κ2) is 6.22. The van der Waals surface area contributed by atoms with Crippen LogP contribution in [0.3, 0.4) is 0 Å². The summed E-state index contributed by atoms with van der Waals surface area (Å²) >= 11 is 4.91. The molecule has 1 aromatic rings. The van der Waals surface area contributed by atoms with E-state index in [-0.39, 0.29) is 8.49 Å². The highest BCUT2D eigenvalue weighted by molar-refractivity contribution is 8.84. The van der Waals surface area contributed by atoms with Gasteiger partial charge in [0.25, 0.3) is 0 Å². The Balaban J connectivity index is 0.000000120. The molecule has 6 heteroatoms. The van der Waals surface area contributed by atoms with Gasteiger partial charge in [-0.05, 0) is 36.4 Å². The normalized spacial score (nSPS) is 19.8. The largest absolute Gasteiger partial charge is 0.139 e. The van der Waals surface area contributed by atoms with E-state index in [1.807, 2.05) is 10.8 Å². The van der Waals surface area contributed by atoms with Gasteiger partial charge in [-0.3, -0.25) is 0 Å². The van der Waals surface area contributed by atoms with E-state index in [0.717, 1.165) is 5.75 Å². The number of rotatable bonds is 0. The molecule has 1 atom stereocenters. The fraction of sp³-hybridized carbons (Fsp3) is 0.167. The predicted molar refractivity (Wildman–Crippen MR) is 56.2 cm³/mol. The van der Waals surface area contributed by atoms with E-state index >= 15 is 0 Å². The molecule has 2 heterocycles. The highest BCUT2D eigenvalue weighted by Gasteiger charge is 1.92. The molecular formula is C6H7N3S3. The third-order valence-electron chi connectivity index (χ3n) is 0.897. The van der Waals surface area contributed by atoms with Crippen LogP contribution in [0.4, 0.5) is 0 Å². The van der Waals surface area contributed by atoms with E-state index in [4.69, 9.17) is 11.2 Å². The zero-order chi connectivity index (χ0) is 8.65. The van der Waals surface area contributed by atoms with Gasteiger partial charge in [-0.25, -0.2) is 0 Å². The van der Waals surface area contributed by atoms with E-state index in [1.54, 1.807) is 18.5 Å². The second-order valence-electron chi connectivity index (χ2n) is 1.73. The molecular weight excluding hydrogens is 210 g/mol. The zero-order valence-corrected chi connectivity index (χ0v) is 8.61. The van der Waals surface area contributed by atoms with Crippen molar-refractivity contribution in [2.24, 2.45) is 0 Å². The van der Waals surface area contributed by atoms with Crippen LogP contribution in [-0.4, -0.2) is 21.2 Å². The van der Waals surface area contributed by atoms with Gasteiger partial charge in [-0.1, -0.05) is 16.9 Å². The minimum Gasteiger partial charge on any atom is -0.139 e. The molecule has 0 aliphatic carbocycles. The van der Waals surface area contributed by atoms with Crippen molar-refractivity contribution in [3.63, 3.8) is 0 Å². The Morgan fingerprint density at radius 3 is 2.25 bits per heavy atom. The van der Waals surface area contributed by atoms with Crippen molar-refractivity contribution >= 4 is 30.5 Å². The molecule has 0 radical (unpaired) electrons. The molecule has 0 bridgehead atoms. The molecule has 2 rings (SSSR count). The van der Waals surface area contributed by atoms with Crippen LogP contribution in [0.5, 0.6) is 0 Å². The molecule has 1 aliphatic rings. The van der Waals surface area contributed by atoms with Crippen LogP contribution in [-0.2, 0) is 19.7 Å². The van der Waals surface area contributed by atoms with Gasteiger partial charge in [-0.15, -0.1) is 10.2 Å². The first-order valence-corrected chi connectivity index (χ1v) is 6.90. The number of hydrogen-bond acceptors (Lipinski definition) is 5. The Labute approximate surface area is 81.7 Å². The van der Waals surface area contributed by atoms with Crippen LogP contribution in [0, 0.1) is 0 Å². The van der Waals surface area contributed by atoms with E-state index in [0.29, 0.717) is 0 Å².